The second-order valence-corrected chi connectivity index (χ2v) is 11.5. The third-order valence-electron chi connectivity index (χ3n) is 7.75. The second kappa shape index (κ2) is 12.1. The number of nitrogens with one attached hydrogen (secondary N) is 3. The van der Waals surface area contributed by atoms with Gasteiger partial charge < -0.3 is 30.0 Å². The number of hydrogen-bond acceptors (Lipinski definition) is 5. The standard InChI is InChI=1S/C30H39N5O5/c1-18(2)15-23(33-30(39)35-13-7-3-4-8-14-35)27(36)32-24(16-20-17-31-22-10-6-5-9-21(20)22)28-34-25(29(37)38)26(40-28)19-11-12-19/h5-6,9-10,17-19,23-24,31H,3-4,7-8,11-16H2,1-2H3,(H,32,36)(H,33,39)(H,37,38)/t23-,24+/m0/s1. The Morgan fingerprint density at radius 3 is 2.50 bits per heavy atom. The predicted molar refractivity (Wildman–Crippen MR) is 150 cm³/mol. The number of H-pyrrole nitrogens is 1. The van der Waals surface area contributed by atoms with Crippen LogP contribution in [0.15, 0.2) is 34.9 Å². The molecule has 214 valence electrons. The topological polar surface area (TPSA) is 141 Å². The highest BCUT2D eigenvalue weighted by Gasteiger charge is 2.36. The molecule has 40 heavy (non-hydrogen) atoms. The maximum absolute atomic E-state index is 13.8. The van der Waals surface area contributed by atoms with Crippen LogP contribution < -0.4 is 10.6 Å². The molecule has 1 aliphatic carbocycles. The molecule has 1 aliphatic heterocycles. The van der Waals surface area contributed by atoms with Crippen LogP contribution in [0.25, 0.3) is 10.9 Å². The highest BCUT2D eigenvalue weighted by atomic mass is 16.4. The molecule has 0 radical (unpaired) electrons. The van der Waals surface area contributed by atoms with E-state index < -0.39 is 18.1 Å². The van der Waals surface area contributed by atoms with Crippen LogP contribution in [0.5, 0.6) is 0 Å². The van der Waals surface area contributed by atoms with Crippen molar-refractivity contribution in [1.82, 2.24) is 25.5 Å². The van der Waals surface area contributed by atoms with E-state index in [-0.39, 0.29) is 35.4 Å². The smallest absolute Gasteiger partial charge is 0.358 e. The van der Waals surface area contributed by atoms with E-state index in [0.29, 0.717) is 31.7 Å². The lowest BCUT2D eigenvalue weighted by atomic mass is 10.0. The number of rotatable bonds is 10. The summed E-state index contributed by atoms with van der Waals surface area (Å²) in [6.45, 7) is 5.39. The van der Waals surface area contributed by atoms with Crippen molar-refractivity contribution < 1.29 is 23.9 Å². The van der Waals surface area contributed by atoms with Gasteiger partial charge in [-0.05, 0) is 49.7 Å². The number of amides is 3. The van der Waals surface area contributed by atoms with Gasteiger partial charge in [-0.15, -0.1) is 0 Å². The zero-order chi connectivity index (χ0) is 28.2. The third-order valence-corrected chi connectivity index (χ3v) is 7.75. The molecule has 2 aromatic heterocycles. The molecule has 5 rings (SSSR count). The van der Waals surface area contributed by atoms with Crippen LogP contribution in [-0.4, -0.2) is 57.0 Å². The van der Waals surface area contributed by atoms with Crippen molar-refractivity contribution in [3.8, 4) is 0 Å². The molecule has 3 heterocycles. The fourth-order valence-corrected chi connectivity index (χ4v) is 5.48. The van der Waals surface area contributed by atoms with Crippen LogP contribution in [0.3, 0.4) is 0 Å². The lowest BCUT2D eigenvalue weighted by Gasteiger charge is -2.27. The monoisotopic (exact) mass is 549 g/mol. The Morgan fingerprint density at radius 1 is 1.10 bits per heavy atom. The minimum atomic E-state index is -1.14. The first-order chi connectivity index (χ1) is 19.3. The number of fused-ring (bicyclic) bond motifs is 1. The summed E-state index contributed by atoms with van der Waals surface area (Å²) in [5.74, 6) is -0.748. The molecule has 10 nitrogen and oxygen atoms in total. The fraction of sp³-hybridized carbons (Fsp3) is 0.533. The molecule has 3 aromatic rings. The normalized spacial score (nSPS) is 17.4. The maximum atomic E-state index is 13.8. The van der Waals surface area contributed by atoms with Gasteiger partial charge in [0.25, 0.3) is 0 Å². The van der Waals surface area contributed by atoms with E-state index in [1.165, 1.54) is 0 Å². The average Bonchev–Trinajstić information content (AvgIpc) is 3.63. The van der Waals surface area contributed by atoms with Crippen molar-refractivity contribution in [2.75, 3.05) is 13.1 Å². The van der Waals surface area contributed by atoms with Gasteiger partial charge in [-0.3, -0.25) is 4.79 Å². The number of carboxylic acids is 1. The highest BCUT2D eigenvalue weighted by Crippen LogP contribution is 2.43. The second-order valence-electron chi connectivity index (χ2n) is 11.5. The van der Waals surface area contributed by atoms with E-state index in [4.69, 9.17) is 4.42 Å². The number of likely N-dealkylation sites (tertiary alicyclic amines) is 1. The molecule has 0 spiro atoms. The van der Waals surface area contributed by atoms with Crippen molar-refractivity contribution in [3.63, 3.8) is 0 Å². The summed E-state index contributed by atoms with van der Waals surface area (Å²) < 4.78 is 6.06. The van der Waals surface area contributed by atoms with Crippen molar-refractivity contribution in [2.24, 2.45) is 5.92 Å². The van der Waals surface area contributed by atoms with Crippen molar-refractivity contribution in [1.29, 1.82) is 0 Å². The van der Waals surface area contributed by atoms with Crippen LogP contribution in [0.1, 0.15) is 98.5 Å². The Balaban J connectivity index is 1.41. The molecule has 3 amide bonds. The Labute approximate surface area is 233 Å². The minimum Gasteiger partial charge on any atom is -0.476 e. The van der Waals surface area contributed by atoms with E-state index >= 15 is 0 Å². The molecular formula is C30H39N5O5. The summed E-state index contributed by atoms with van der Waals surface area (Å²) in [7, 11) is 0. The molecule has 2 aliphatic rings. The summed E-state index contributed by atoms with van der Waals surface area (Å²) in [6.07, 6.45) is 8.53. The molecule has 1 saturated carbocycles. The SMILES string of the molecule is CC(C)C[C@H](NC(=O)N1CCCCCC1)C(=O)N[C@H](Cc1c[nH]c2ccccc12)c1nc(C(=O)O)c(C2CC2)o1. The molecule has 2 atom stereocenters. The Morgan fingerprint density at radius 2 is 1.82 bits per heavy atom. The molecule has 0 unspecified atom stereocenters. The van der Waals surface area contributed by atoms with Crippen LogP contribution >= 0.6 is 0 Å². The van der Waals surface area contributed by atoms with Crippen molar-refractivity contribution in [3.05, 3.63) is 53.4 Å². The van der Waals surface area contributed by atoms with Crippen LogP contribution in [0, 0.1) is 5.92 Å². The summed E-state index contributed by atoms with van der Waals surface area (Å²) in [5.41, 5.74) is 1.81. The number of aromatic carboxylic acids is 1. The zero-order valence-electron chi connectivity index (χ0n) is 23.2. The Kier molecular flexibility index (Phi) is 8.42. The van der Waals surface area contributed by atoms with Gasteiger partial charge in [0.1, 0.15) is 17.8 Å². The number of carboxylic acid groups (broad SMARTS) is 1. The number of nitrogens with zero attached hydrogens (tertiary/aromatic N) is 2. The number of oxazole rings is 1. The Hall–Kier alpha value is -3.82. The van der Waals surface area contributed by atoms with Gasteiger partial charge in [-0.25, -0.2) is 14.6 Å². The van der Waals surface area contributed by atoms with E-state index in [1.807, 2.05) is 44.3 Å². The van der Waals surface area contributed by atoms with Gasteiger partial charge in [0, 0.05) is 42.5 Å². The van der Waals surface area contributed by atoms with Crippen molar-refractivity contribution >= 4 is 28.8 Å². The molecule has 1 aromatic carbocycles. The first kappa shape index (κ1) is 27.7. The fourth-order valence-electron chi connectivity index (χ4n) is 5.48. The molecular weight excluding hydrogens is 510 g/mol. The Bertz CT molecular complexity index is 1350. The maximum Gasteiger partial charge on any atom is 0.358 e. The number of benzene rings is 1. The number of carbonyl (C=O) groups is 3. The largest absolute Gasteiger partial charge is 0.476 e. The molecule has 2 fully saturated rings. The lowest BCUT2D eigenvalue weighted by Crippen LogP contribution is -2.52. The number of carbonyl (C=O) groups excluding carboxylic acids is 2. The number of urea groups is 1. The summed E-state index contributed by atoms with van der Waals surface area (Å²) in [6, 6.07) is 6.17. The van der Waals surface area contributed by atoms with Crippen LogP contribution in [0.2, 0.25) is 0 Å². The van der Waals surface area contributed by atoms with E-state index in [9.17, 15) is 19.5 Å². The molecule has 4 N–H and O–H groups in total. The first-order valence-corrected chi connectivity index (χ1v) is 14.4. The van der Waals surface area contributed by atoms with Gasteiger partial charge >= 0.3 is 12.0 Å². The first-order valence-electron chi connectivity index (χ1n) is 14.4. The number of aromatic amines is 1. The summed E-state index contributed by atoms with van der Waals surface area (Å²) in [5, 5.41) is 16.8. The quantitative estimate of drug-likeness (QED) is 0.276. The third kappa shape index (κ3) is 6.48. The summed E-state index contributed by atoms with van der Waals surface area (Å²) in [4.78, 5) is 48.3. The van der Waals surface area contributed by atoms with Crippen LogP contribution in [0.4, 0.5) is 4.79 Å². The van der Waals surface area contributed by atoms with Crippen LogP contribution in [-0.2, 0) is 11.2 Å². The highest BCUT2D eigenvalue weighted by molar-refractivity contribution is 5.88. The van der Waals surface area contributed by atoms with Crippen molar-refractivity contribution in [2.45, 2.75) is 83.2 Å². The molecule has 10 heteroatoms. The van der Waals surface area contributed by atoms with Gasteiger partial charge in [0.05, 0.1) is 0 Å². The van der Waals surface area contributed by atoms with E-state index in [1.54, 1.807) is 4.90 Å². The predicted octanol–water partition coefficient (Wildman–Crippen LogP) is 5.13. The number of aromatic nitrogens is 2. The van der Waals surface area contributed by atoms with Gasteiger partial charge in [-0.2, -0.15) is 0 Å². The van der Waals surface area contributed by atoms with E-state index in [0.717, 1.165) is 55.0 Å². The molecule has 0 bridgehead atoms. The van der Waals surface area contributed by atoms with Gasteiger partial charge in [0.2, 0.25) is 11.8 Å². The number of hydrogen-bond donors (Lipinski definition) is 4. The van der Waals surface area contributed by atoms with Gasteiger partial charge in [0.15, 0.2) is 5.69 Å². The minimum absolute atomic E-state index is 0.0402. The van der Waals surface area contributed by atoms with Gasteiger partial charge in [-0.1, -0.05) is 44.9 Å². The lowest BCUT2D eigenvalue weighted by molar-refractivity contribution is -0.124. The molecule has 1 saturated heterocycles. The zero-order valence-corrected chi connectivity index (χ0v) is 23.2. The summed E-state index contributed by atoms with van der Waals surface area (Å²) >= 11 is 0. The average molecular weight is 550 g/mol. The number of para-hydroxylation sites is 1. The van der Waals surface area contributed by atoms with E-state index in [2.05, 4.69) is 20.6 Å².